The SMILES string of the molecule is CCOc1ccccc1N(CCCC(=O)N(Cc1cccc(OC)c1)[C@@H](Cc1ccccc1)C(=O)NC)S(C)(=O)=O. The van der Waals surface area contributed by atoms with Gasteiger partial charge in [-0.2, -0.15) is 0 Å². The molecule has 1 N–H and O–H groups in total. The molecule has 220 valence electrons. The van der Waals surface area contributed by atoms with Crippen molar-refractivity contribution in [1.29, 1.82) is 0 Å². The predicted octanol–water partition coefficient (Wildman–Crippen LogP) is 4.03. The average molecular weight is 582 g/mol. The number of sulfonamides is 1. The number of carbonyl (C=O) groups is 2. The Balaban J connectivity index is 1.87. The van der Waals surface area contributed by atoms with Crippen LogP contribution in [0.5, 0.6) is 11.5 Å². The third-order valence-corrected chi connectivity index (χ3v) is 7.77. The van der Waals surface area contributed by atoms with E-state index in [4.69, 9.17) is 9.47 Å². The van der Waals surface area contributed by atoms with Crippen LogP contribution in [0.15, 0.2) is 78.9 Å². The first-order valence-electron chi connectivity index (χ1n) is 13.5. The van der Waals surface area contributed by atoms with Crippen molar-refractivity contribution in [1.82, 2.24) is 10.2 Å². The van der Waals surface area contributed by atoms with Crippen LogP contribution in [0, 0.1) is 0 Å². The minimum absolute atomic E-state index is 0.0368. The number of carbonyl (C=O) groups excluding carboxylic acids is 2. The fraction of sp³-hybridized carbons (Fsp3) is 0.355. The molecule has 0 saturated heterocycles. The Kier molecular flexibility index (Phi) is 11.6. The summed E-state index contributed by atoms with van der Waals surface area (Å²) in [5.41, 5.74) is 2.15. The number of hydrogen-bond donors (Lipinski definition) is 1. The fourth-order valence-corrected chi connectivity index (χ4v) is 5.58. The Morgan fingerprint density at radius 1 is 0.951 bits per heavy atom. The van der Waals surface area contributed by atoms with Crippen LogP contribution in [0.25, 0.3) is 0 Å². The quantitative estimate of drug-likeness (QED) is 0.291. The van der Waals surface area contributed by atoms with Gasteiger partial charge in [0.2, 0.25) is 21.8 Å². The first kappa shape index (κ1) is 31.5. The van der Waals surface area contributed by atoms with Crippen LogP contribution < -0.4 is 19.1 Å². The normalized spacial score (nSPS) is 11.8. The molecule has 0 aliphatic heterocycles. The highest BCUT2D eigenvalue weighted by molar-refractivity contribution is 7.92. The molecule has 0 aliphatic rings. The van der Waals surface area contributed by atoms with Crippen LogP contribution in [0.3, 0.4) is 0 Å². The molecule has 0 unspecified atom stereocenters. The maximum atomic E-state index is 13.8. The van der Waals surface area contributed by atoms with Crippen molar-refractivity contribution in [3.8, 4) is 11.5 Å². The van der Waals surface area contributed by atoms with Gasteiger partial charge in [0.15, 0.2) is 0 Å². The number of likely N-dealkylation sites (N-methyl/N-ethyl adjacent to an activating group) is 1. The number of amides is 2. The number of rotatable bonds is 15. The summed E-state index contributed by atoms with van der Waals surface area (Å²) in [6.07, 6.45) is 1.74. The highest BCUT2D eigenvalue weighted by atomic mass is 32.2. The Labute approximate surface area is 243 Å². The van der Waals surface area contributed by atoms with E-state index in [0.717, 1.165) is 17.4 Å². The average Bonchev–Trinajstić information content (AvgIpc) is 2.97. The number of para-hydroxylation sites is 2. The van der Waals surface area contributed by atoms with Crippen molar-refractivity contribution in [2.45, 2.75) is 38.8 Å². The van der Waals surface area contributed by atoms with Crippen molar-refractivity contribution in [3.05, 3.63) is 90.0 Å². The van der Waals surface area contributed by atoms with Crippen LogP contribution in [-0.2, 0) is 32.6 Å². The van der Waals surface area contributed by atoms with Crippen molar-refractivity contribution in [2.75, 3.05) is 37.9 Å². The molecule has 0 aliphatic carbocycles. The van der Waals surface area contributed by atoms with Crippen LogP contribution in [0.4, 0.5) is 5.69 Å². The summed E-state index contributed by atoms with van der Waals surface area (Å²) >= 11 is 0. The van der Waals surface area contributed by atoms with Gasteiger partial charge in [0.05, 0.1) is 25.7 Å². The third-order valence-electron chi connectivity index (χ3n) is 6.59. The molecule has 3 rings (SSSR count). The lowest BCUT2D eigenvalue weighted by Gasteiger charge is -2.32. The van der Waals surface area contributed by atoms with Crippen molar-refractivity contribution in [2.24, 2.45) is 0 Å². The van der Waals surface area contributed by atoms with Crippen LogP contribution in [-0.4, -0.2) is 64.7 Å². The molecule has 0 spiro atoms. The van der Waals surface area contributed by atoms with Gasteiger partial charge in [-0.25, -0.2) is 8.42 Å². The van der Waals surface area contributed by atoms with Gasteiger partial charge >= 0.3 is 0 Å². The second kappa shape index (κ2) is 15.1. The van der Waals surface area contributed by atoms with Crippen LogP contribution >= 0.6 is 0 Å². The molecular weight excluding hydrogens is 542 g/mol. The fourth-order valence-electron chi connectivity index (χ4n) is 4.61. The van der Waals surface area contributed by atoms with E-state index in [0.29, 0.717) is 30.2 Å². The van der Waals surface area contributed by atoms with Gasteiger partial charge in [0.25, 0.3) is 0 Å². The molecule has 2 amide bonds. The topological polar surface area (TPSA) is 105 Å². The highest BCUT2D eigenvalue weighted by Crippen LogP contribution is 2.30. The first-order valence-corrected chi connectivity index (χ1v) is 15.4. The number of nitrogens with one attached hydrogen (secondary N) is 1. The highest BCUT2D eigenvalue weighted by Gasteiger charge is 2.30. The number of nitrogens with zero attached hydrogens (tertiary/aromatic N) is 2. The number of ether oxygens (including phenoxy) is 2. The Hall–Kier alpha value is -4.05. The molecule has 0 aromatic heterocycles. The van der Waals surface area contributed by atoms with E-state index in [1.807, 2.05) is 61.5 Å². The molecule has 0 heterocycles. The van der Waals surface area contributed by atoms with Gasteiger partial charge in [-0.3, -0.25) is 13.9 Å². The summed E-state index contributed by atoms with van der Waals surface area (Å²) in [6, 6.07) is 23.0. The molecule has 0 radical (unpaired) electrons. The predicted molar refractivity (Wildman–Crippen MR) is 161 cm³/mol. The zero-order chi connectivity index (χ0) is 29.8. The molecule has 3 aromatic carbocycles. The number of hydrogen-bond acceptors (Lipinski definition) is 6. The maximum absolute atomic E-state index is 13.8. The van der Waals surface area contributed by atoms with E-state index < -0.39 is 16.1 Å². The van der Waals surface area contributed by atoms with Gasteiger partial charge in [0, 0.05) is 33.0 Å². The third kappa shape index (κ3) is 8.97. The molecule has 9 nitrogen and oxygen atoms in total. The van der Waals surface area contributed by atoms with Crippen molar-refractivity contribution >= 4 is 27.5 Å². The lowest BCUT2D eigenvalue weighted by molar-refractivity contribution is -0.141. The van der Waals surface area contributed by atoms with Gasteiger partial charge < -0.3 is 19.7 Å². The second-order valence-electron chi connectivity index (χ2n) is 9.53. The number of methoxy groups -OCH3 is 1. The van der Waals surface area contributed by atoms with E-state index in [1.54, 1.807) is 43.3 Å². The molecule has 0 fully saturated rings. The lowest BCUT2D eigenvalue weighted by Crippen LogP contribution is -2.49. The standard InChI is InChI=1S/C31H39N3O6S/c1-5-40-29-18-10-9-17-27(29)34(41(4,37)38)20-12-19-30(35)33(23-25-15-11-16-26(21-25)39-3)28(31(36)32-2)22-24-13-7-6-8-14-24/h6-11,13-18,21,28H,5,12,19-20,22-23H2,1-4H3,(H,32,36)/t28-/m0/s1. The lowest BCUT2D eigenvalue weighted by atomic mass is 10.0. The number of benzene rings is 3. The Bertz CT molecular complexity index is 1400. The molecular formula is C31H39N3O6S. The summed E-state index contributed by atoms with van der Waals surface area (Å²) in [4.78, 5) is 28.5. The summed E-state index contributed by atoms with van der Waals surface area (Å²) in [7, 11) is -0.536. The smallest absolute Gasteiger partial charge is 0.242 e. The monoisotopic (exact) mass is 581 g/mol. The Morgan fingerprint density at radius 3 is 2.29 bits per heavy atom. The number of anilines is 1. The van der Waals surface area contributed by atoms with Crippen molar-refractivity contribution < 1.29 is 27.5 Å². The van der Waals surface area contributed by atoms with Gasteiger partial charge in [-0.1, -0.05) is 54.6 Å². The summed E-state index contributed by atoms with van der Waals surface area (Å²) in [5, 5.41) is 2.70. The molecule has 41 heavy (non-hydrogen) atoms. The van der Waals surface area contributed by atoms with E-state index in [-0.39, 0.29) is 37.7 Å². The summed E-state index contributed by atoms with van der Waals surface area (Å²) in [5.74, 6) is 0.553. The van der Waals surface area contributed by atoms with E-state index in [1.165, 1.54) is 4.31 Å². The molecule has 10 heteroatoms. The minimum atomic E-state index is -3.66. The largest absolute Gasteiger partial charge is 0.497 e. The maximum Gasteiger partial charge on any atom is 0.242 e. The summed E-state index contributed by atoms with van der Waals surface area (Å²) in [6.45, 7) is 2.47. The van der Waals surface area contributed by atoms with Crippen molar-refractivity contribution in [3.63, 3.8) is 0 Å². The zero-order valence-corrected chi connectivity index (χ0v) is 24.9. The van der Waals surface area contributed by atoms with Gasteiger partial charge in [0.1, 0.15) is 17.5 Å². The van der Waals surface area contributed by atoms with E-state index >= 15 is 0 Å². The van der Waals surface area contributed by atoms with Gasteiger partial charge in [-0.05, 0) is 48.7 Å². The molecule has 0 saturated carbocycles. The first-order chi connectivity index (χ1) is 19.7. The van der Waals surface area contributed by atoms with E-state index in [2.05, 4.69) is 5.32 Å². The van der Waals surface area contributed by atoms with Gasteiger partial charge in [-0.15, -0.1) is 0 Å². The summed E-state index contributed by atoms with van der Waals surface area (Å²) < 4.78 is 37.8. The molecule has 0 bridgehead atoms. The van der Waals surface area contributed by atoms with Crippen LogP contribution in [0.1, 0.15) is 30.9 Å². The minimum Gasteiger partial charge on any atom is -0.497 e. The van der Waals surface area contributed by atoms with Crippen LogP contribution in [0.2, 0.25) is 0 Å². The zero-order valence-electron chi connectivity index (χ0n) is 24.1. The Morgan fingerprint density at radius 2 is 1.63 bits per heavy atom. The second-order valence-corrected chi connectivity index (χ2v) is 11.4. The molecule has 3 aromatic rings. The molecule has 1 atom stereocenters. The van der Waals surface area contributed by atoms with E-state index in [9.17, 15) is 18.0 Å².